The van der Waals surface area contributed by atoms with Gasteiger partial charge in [-0.25, -0.2) is 0 Å². The summed E-state index contributed by atoms with van der Waals surface area (Å²) in [6, 6.07) is 11.8. The van der Waals surface area contributed by atoms with E-state index in [1.54, 1.807) is 0 Å². The number of aromatic hydroxyl groups is 3. The summed E-state index contributed by atoms with van der Waals surface area (Å²) in [5.41, 5.74) is 7.30. The van der Waals surface area contributed by atoms with Crippen LogP contribution >= 0.6 is 0 Å². The zero-order valence-corrected chi connectivity index (χ0v) is 24.0. The van der Waals surface area contributed by atoms with Crippen molar-refractivity contribution in [2.24, 2.45) is 0 Å². The van der Waals surface area contributed by atoms with Gasteiger partial charge < -0.3 is 29.5 Å². The second kappa shape index (κ2) is 12.4. The van der Waals surface area contributed by atoms with Crippen LogP contribution in [0.4, 0.5) is 0 Å². The number of fused-ring (bicyclic) bond motifs is 6. The summed E-state index contributed by atoms with van der Waals surface area (Å²) in [7, 11) is 0. The van der Waals surface area contributed by atoms with Gasteiger partial charge in [0.25, 0.3) is 0 Å². The van der Waals surface area contributed by atoms with Gasteiger partial charge >= 0.3 is 0 Å². The van der Waals surface area contributed by atoms with E-state index in [1.165, 1.54) is 0 Å². The Bertz CT molecular complexity index is 1070. The molecular formula is C33H42O6. The molecule has 3 N–H and O–H groups in total. The molecule has 0 unspecified atom stereocenters. The molecule has 3 aromatic rings. The Morgan fingerprint density at radius 1 is 0.410 bits per heavy atom. The number of hydrogen-bond acceptors (Lipinski definition) is 6. The van der Waals surface area contributed by atoms with Crippen LogP contribution in [0.5, 0.6) is 17.2 Å². The number of phenols is 3. The third-order valence-corrected chi connectivity index (χ3v) is 7.42. The van der Waals surface area contributed by atoms with Gasteiger partial charge in [0, 0.05) is 33.4 Å². The second-order valence-electron chi connectivity index (χ2n) is 11.5. The summed E-state index contributed by atoms with van der Waals surface area (Å²) >= 11 is 0. The Hall–Kier alpha value is -3.06. The van der Waals surface area contributed by atoms with Crippen molar-refractivity contribution in [1.29, 1.82) is 0 Å². The average molecular weight is 535 g/mol. The lowest BCUT2D eigenvalue weighted by Crippen LogP contribution is -2.05. The van der Waals surface area contributed by atoms with E-state index in [4.69, 9.17) is 14.2 Å². The standard InChI is InChI=1S/C33H42O6/c1-19(2)22-7-25-13-37-15-27-9-23(20(3)4)11-29(32(27)35)17-39-18-30-12-24(21(5)6)10-28(33(30)36)16-38-14-26(8-22)31(25)34/h7-12,19-21,34-36H,13-18H2,1-6H3. The van der Waals surface area contributed by atoms with Crippen molar-refractivity contribution in [2.45, 2.75) is 98.9 Å². The Kier molecular flexibility index (Phi) is 9.21. The quantitative estimate of drug-likeness (QED) is 0.320. The third kappa shape index (κ3) is 6.75. The molecule has 6 nitrogen and oxygen atoms in total. The molecule has 0 amide bonds. The number of ether oxygens (including phenoxy) is 3. The number of benzene rings is 3. The van der Waals surface area contributed by atoms with Gasteiger partial charge in [-0.15, -0.1) is 0 Å². The van der Waals surface area contributed by atoms with Gasteiger partial charge in [0.05, 0.1) is 39.6 Å². The minimum Gasteiger partial charge on any atom is -0.507 e. The van der Waals surface area contributed by atoms with Crippen LogP contribution in [0.3, 0.4) is 0 Å². The smallest absolute Gasteiger partial charge is 0.126 e. The van der Waals surface area contributed by atoms with Crippen LogP contribution < -0.4 is 0 Å². The van der Waals surface area contributed by atoms with Gasteiger partial charge in [0.2, 0.25) is 0 Å². The third-order valence-electron chi connectivity index (χ3n) is 7.42. The monoisotopic (exact) mass is 534 g/mol. The number of phenolic OH excluding ortho intramolecular Hbond substituents is 3. The van der Waals surface area contributed by atoms with Gasteiger partial charge in [-0.1, -0.05) is 41.5 Å². The van der Waals surface area contributed by atoms with Gasteiger partial charge in [-0.2, -0.15) is 0 Å². The Labute approximate surface area is 232 Å². The molecule has 0 radical (unpaired) electrons. The first-order chi connectivity index (χ1) is 18.5. The Balaban J connectivity index is 1.78. The highest BCUT2D eigenvalue weighted by molar-refractivity contribution is 5.47. The van der Waals surface area contributed by atoms with E-state index >= 15 is 0 Å². The van der Waals surface area contributed by atoms with Crippen molar-refractivity contribution in [3.63, 3.8) is 0 Å². The molecule has 3 aromatic carbocycles. The zero-order chi connectivity index (χ0) is 28.3. The van der Waals surface area contributed by atoms with Gasteiger partial charge in [0.15, 0.2) is 0 Å². The van der Waals surface area contributed by atoms with Crippen molar-refractivity contribution in [1.82, 2.24) is 0 Å². The minimum absolute atomic E-state index is 0.149. The maximum atomic E-state index is 11.1. The first-order valence-electron chi connectivity index (χ1n) is 13.8. The van der Waals surface area contributed by atoms with Crippen LogP contribution in [0.2, 0.25) is 0 Å². The van der Waals surface area contributed by atoms with Crippen molar-refractivity contribution < 1.29 is 29.5 Å². The molecule has 6 bridgehead atoms. The molecule has 1 heterocycles. The Morgan fingerprint density at radius 3 is 0.744 bits per heavy atom. The lowest BCUT2D eigenvalue weighted by atomic mass is 9.96. The van der Waals surface area contributed by atoms with E-state index in [9.17, 15) is 15.3 Å². The summed E-state index contributed by atoms with van der Waals surface area (Å²) in [6.07, 6.45) is 0. The lowest BCUT2D eigenvalue weighted by molar-refractivity contribution is 0.0929. The summed E-state index contributed by atoms with van der Waals surface area (Å²) in [5.74, 6) is 1.21. The van der Waals surface area contributed by atoms with Crippen LogP contribution in [-0.4, -0.2) is 15.3 Å². The fraction of sp³-hybridized carbons (Fsp3) is 0.455. The normalized spacial score (nSPS) is 15.0. The van der Waals surface area contributed by atoms with Crippen LogP contribution in [0.15, 0.2) is 36.4 Å². The van der Waals surface area contributed by atoms with Crippen molar-refractivity contribution in [2.75, 3.05) is 0 Å². The van der Waals surface area contributed by atoms with E-state index in [0.717, 1.165) is 16.7 Å². The predicted octanol–water partition coefficient (Wildman–Crippen LogP) is 7.64. The Morgan fingerprint density at radius 2 is 0.590 bits per heavy atom. The van der Waals surface area contributed by atoms with E-state index in [0.29, 0.717) is 33.4 Å². The topological polar surface area (TPSA) is 88.4 Å². The molecule has 0 aromatic heterocycles. The molecule has 1 aliphatic heterocycles. The number of rotatable bonds is 3. The van der Waals surface area contributed by atoms with Crippen LogP contribution in [0.1, 0.15) is 109 Å². The van der Waals surface area contributed by atoms with Gasteiger partial charge in [-0.05, 0) is 70.8 Å². The molecule has 1 aliphatic rings. The average Bonchev–Trinajstić information content (AvgIpc) is 2.88. The first kappa shape index (κ1) is 28.9. The predicted molar refractivity (Wildman–Crippen MR) is 152 cm³/mol. The molecule has 0 spiro atoms. The van der Waals surface area contributed by atoms with Crippen LogP contribution in [0, 0.1) is 0 Å². The SMILES string of the molecule is CC(C)c1cc2c(O)c(c1)COCc1cc(C(C)C)cc(c1O)COCc1cc(C(C)C)cc(c1O)COC2. The maximum absolute atomic E-state index is 11.1. The largest absolute Gasteiger partial charge is 0.507 e. The molecular weight excluding hydrogens is 492 g/mol. The van der Waals surface area contributed by atoms with Crippen LogP contribution in [0.25, 0.3) is 0 Å². The second-order valence-corrected chi connectivity index (χ2v) is 11.5. The molecule has 0 aliphatic carbocycles. The van der Waals surface area contributed by atoms with Crippen molar-refractivity contribution >= 4 is 0 Å². The molecule has 0 fully saturated rings. The first-order valence-corrected chi connectivity index (χ1v) is 13.8. The minimum atomic E-state index is 0.149. The van der Waals surface area contributed by atoms with E-state index in [2.05, 4.69) is 41.5 Å². The van der Waals surface area contributed by atoms with Crippen LogP contribution in [-0.2, 0) is 53.9 Å². The molecule has 6 heteroatoms. The molecule has 4 rings (SSSR count). The van der Waals surface area contributed by atoms with Gasteiger partial charge in [0.1, 0.15) is 17.2 Å². The molecule has 0 atom stereocenters. The van der Waals surface area contributed by atoms with E-state index < -0.39 is 0 Å². The highest BCUT2D eigenvalue weighted by atomic mass is 16.5. The van der Waals surface area contributed by atoms with E-state index in [1.807, 2.05) is 36.4 Å². The highest BCUT2D eigenvalue weighted by Gasteiger charge is 2.18. The molecule has 0 saturated heterocycles. The van der Waals surface area contributed by atoms with Crippen molar-refractivity contribution in [3.05, 3.63) is 86.5 Å². The van der Waals surface area contributed by atoms with Crippen molar-refractivity contribution in [3.8, 4) is 17.2 Å². The zero-order valence-electron chi connectivity index (χ0n) is 24.0. The maximum Gasteiger partial charge on any atom is 0.126 e. The van der Waals surface area contributed by atoms with E-state index in [-0.39, 0.29) is 74.6 Å². The fourth-order valence-electron chi connectivity index (χ4n) is 4.83. The summed E-state index contributed by atoms with van der Waals surface area (Å²) < 4.78 is 18.1. The molecule has 0 saturated carbocycles. The number of hydrogen-bond donors (Lipinski definition) is 3. The lowest BCUT2D eigenvalue weighted by Gasteiger charge is -2.19. The summed E-state index contributed by atoms with van der Waals surface area (Å²) in [4.78, 5) is 0. The highest BCUT2D eigenvalue weighted by Crippen LogP contribution is 2.34. The van der Waals surface area contributed by atoms with Gasteiger partial charge in [-0.3, -0.25) is 0 Å². The molecule has 210 valence electrons. The molecule has 39 heavy (non-hydrogen) atoms. The summed E-state index contributed by atoms with van der Waals surface area (Å²) in [6.45, 7) is 13.8. The summed E-state index contributed by atoms with van der Waals surface area (Å²) in [5, 5.41) is 33.3. The fourth-order valence-corrected chi connectivity index (χ4v) is 4.83.